The van der Waals surface area contributed by atoms with Crippen LogP contribution in [0.2, 0.25) is 0 Å². The highest BCUT2D eigenvalue weighted by Gasteiger charge is 2.40. The normalized spacial score (nSPS) is 27.7. The van der Waals surface area contributed by atoms with Crippen LogP contribution < -0.4 is 0 Å². The summed E-state index contributed by atoms with van der Waals surface area (Å²) in [5, 5.41) is 9.69. The van der Waals surface area contributed by atoms with Gasteiger partial charge in [0.05, 0.1) is 0 Å². The van der Waals surface area contributed by atoms with Crippen molar-refractivity contribution < 1.29 is 14.3 Å². The Bertz CT molecular complexity index is 749. The lowest BCUT2D eigenvalue weighted by atomic mass is 9.69. The third-order valence-corrected chi connectivity index (χ3v) is 8.92. The number of aryl methyl sites for hydroxylation is 1. The fraction of sp³-hybridized carbons (Fsp3) is 0.759. The number of rotatable bonds is 8. The first-order valence-corrected chi connectivity index (χ1v) is 13.7. The summed E-state index contributed by atoms with van der Waals surface area (Å²) >= 11 is 0. The maximum Gasteiger partial charge on any atom is 0.303 e. The molecule has 0 saturated heterocycles. The van der Waals surface area contributed by atoms with Gasteiger partial charge in [-0.25, -0.2) is 4.39 Å². The zero-order valence-corrected chi connectivity index (χ0v) is 20.6. The van der Waals surface area contributed by atoms with E-state index >= 15 is 0 Å². The monoisotopic (exact) mass is 457 g/mol. The first-order chi connectivity index (χ1) is 16.0. The van der Waals surface area contributed by atoms with Crippen LogP contribution in [0.25, 0.3) is 0 Å². The Balaban J connectivity index is 1.63. The van der Waals surface area contributed by atoms with Crippen molar-refractivity contribution in [1.29, 1.82) is 0 Å². The molecule has 0 aromatic heterocycles. The second-order valence-corrected chi connectivity index (χ2v) is 11.4. The molecular formula is C29H44FNO2. The average molecular weight is 458 g/mol. The molecule has 4 rings (SSSR count). The first-order valence-electron chi connectivity index (χ1n) is 13.7. The van der Waals surface area contributed by atoms with Gasteiger partial charge in [0.2, 0.25) is 0 Å². The Labute approximate surface area is 200 Å². The largest absolute Gasteiger partial charge is 0.481 e. The molecule has 3 atom stereocenters. The number of hydrogen-bond acceptors (Lipinski definition) is 2. The van der Waals surface area contributed by atoms with Gasteiger partial charge in [0.25, 0.3) is 0 Å². The van der Waals surface area contributed by atoms with Crippen molar-refractivity contribution in [2.24, 2.45) is 17.8 Å². The minimum absolute atomic E-state index is 0.0866. The van der Waals surface area contributed by atoms with Crippen molar-refractivity contribution in [3.63, 3.8) is 0 Å². The van der Waals surface area contributed by atoms with E-state index in [1.807, 2.05) is 13.0 Å². The quantitative estimate of drug-likeness (QED) is 0.444. The van der Waals surface area contributed by atoms with Crippen LogP contribution in [0.1, 0.15) is 107 Å². The molecule has 33 heavy (non-hydrogen) atoms. The Kier molecular flexibility index (Phi) is 8.85. The van der Waals surface area contributed by atoms with E-state index in [-0.39, 0.29) is 24.1 Å². The summed E-state index contributed by atoms with van der Waals surface area (Å²) in [6, 6.07) is 6.01. The van der Waals surface area contributed by atoms with Gasteiger partial charge in [-0.2, -0.15) is 0 Å². The molecule has 0 bridgehead atoms. The molecule has 0 spiro atoms. The van der Waals surface area contributed by atoms with Gasteiger partial charge in [-0.3, -0.25) is 9.69 Å². The molecule has 0 radical (unpaired) electrons. The molecule has 0 aliphatic heterocycles. The maximum absolute atomic E-state index is 14.7. The molecule has 3 unspecified atom stereocenters. The fourth-order valence-electron chi connectivity index (χ4n) is 7.18. The number of carbonyl (C=O) groups is 1. The smallest absolute Gasteiger partial charge is 0.303 e. The molecule has 4 heteroatoms. The van der Waals surface area contributed by atoms with E-state index in [2.05, 4.69) is 11.0 Å². The molecule has 0 heterocycles. The van der Waals surface area contributed by atoms with E-state index in [9.17, 15) is 14.3 Å². The van der Waals surface area contributed by atoms with Crippen LogP contribution >= 0.6 is 0 Å². The van der Waals surface area contributed by atoms with Gasteiger partial charge in [-0.1, -0.05) is 57.1 Å². The Morgan fingerprint density at radius 3 is 2.06 bits per heavy atom. The molecule has 3 saturated carbocycles. The Morgan fingerprint density at radius 1 is 0.909 bits per heavy atom. The summed E-state index contributed by atoms with van der Waals surface area (Å²) in [5.41, 5.74) is 1.69. The van der Waals surface area contributed by atoms with Crippen LogP contribution in [0, 0.1) is 30.5 Å². The van der Waals surface area contributed by atoms with Crippen molar-refractivity contribution >= 4 is 5.97 Å². The lowest BCUT2D eigenvalue weighted by molar-refractivity contribution is -0.138. The van der Waals surface area contributed by atoms with E-state index in [0.717, 1.165) is 49.8 Å². The van der Waals surface area contributed by atoms with Crippen molar-refractivity contribution in [3.8, 4) is 0 Å². The Hall–Kier alpha value is -1.42. The molecule has 3 nitrogen and oxygen atoms in total. The van der Waals surface area contributed by atoms with E-state index < -0.39 is 5.97 Å². The highest BCUT2D eigenvalue weighted by molar-refractivity contribution is 5.67. The van der Waals surface area contributed by atoms with Gasteiger partial charge in [0, 0.05) is 31.5 Å². The van der Waals surface area contributed by atoms with Gasteiger partial charge in [0.1, 0.15) is 5.82 Å². The number of carboxylic acid groups (broad SMARTS) is 1. The summed E-state index contributed by atoms with van der Waals surface area (Å²) in [6.07, 6.45) is 16.8. The molecular weight excluding hydrogens is 413 g/mol. The number of benzene rings is 1. The molecule has 1 aromatic rings. The highest BCUT2D eigenvalue weighted by atomic mass is 19.1. The summed E-state index contributed by atoms with van der Waals surface area (Å²) in [5.74, 6) is 0.845. The average Bonchev–Trinajstić information content (AvgIpc) is 2.81. The Morgan fingerprint density at radius 2 is 1.52 bits per heavy atom. The molecule has 3 fully saturated rings. The van der Waals surface area contributed by atoms with E-state index in [4.69, 9.17) is 0 Å². The second-order valence-electron chi connectivity index (χ2n) is 11.4. The van der Waals surface area contributed by atoms with Gasteiger partial charge in [-0.15, -0.1) is 0 Å². The number of nitrogens with zero attached hydrogens (tertiary/aromatic N) is 1. The van der Waals surface area contributed by atoms with Crippen LogP contribution in [-0.4, -0.2) is 35.1 Å². The van der Waals surface area contributed by atoms with Crippen molar-refractivity contribution in [2.45, 2.75) is 109 Å². The summed E-state index contributed by atoms with van der Waals surface area (Å²) < 4.78 is 14.7. The summed E-state index contributed by atoms with van der Waals surface area (Å²) in [4.78, 5) is 14.6. The van der Waals surface area contributed by atoms with Crippen LogP contribution in [0.5, 0.6) is 0 Å². The molecule has 1 aromatic carbocycles. The summed E-state index contributed by atoms with van der Waals surface area (Å²) in [7, 11) is 0. The molecule has 184 valence electrons. The lowest BCUT2D eigenvalue weighted by Crippen LogP contribution is -2.49. The van der Waals surface area contributed by atoms with Gasteiger partial charge >= 0.3 is 5.97 Å². The van der Waals surface area contributed by atoms with Crippen molar-refractivity contribution in [3.05, 3.63) is 35.1 Å². The summed E-state index contributed by atoms with van der Waals surface area (Å²) in [6.45, 7) is 4.10. The van der Waals surface area contributed by atoms with Gasteiger partial charge < -0.3 is 5.11 Å². The van der Waals surface area contributed by atoms with E-state index in [0.29, 0.717) is 11.6 Å². The van der Waals surface area contributed by atoms with Gasteiger partial charge in [-0.05, 0) is 80.4 Å². The van der Waals surface area contributed by atoms with E-state index in [1.165, 1.54) is 64.2 Å². The molecule has 3 aliphatic rings. The minimum Gasteiger partial charge on any atom is -0.481 e. The molecule has 1 N–H and O–H groups in total. The minimum atomic E-state index is -0.718. The molecule has 3 aliphatic carbocycles. The van der Waals surface area contributed by atoms with Crippen molar-refractivity contribution in [1.82, 2.24) is 4.90 Å². The number of halogens is 1. The maximum atomic E-state index is 14.7. The zero-order valence-electron chi connectivity index (χ0n) is 20.6. The van der Waals surface area contributed by atoms with Gasteiger partial charge in [0.15, 0.2) is 0 Å². The third-order valence-electron chi connectivity index (χ3n) is 8.92. The third kappa shape index (κ3) is 6.59. The lowest BCUT2D eigenvalue weighted by Gasteiger charge is -2.47. The van der Waals surface area contributed by atoms with E-state index in [1.54, 1.807) is 6.07 Å². The van der Waals surface area contributed by atoms with Crippen LogP contribution in [0.4, 0.5) is 4.39 Å². The predicted octanol–water partition coefficient (Wildman–Crippen LogP) is 7.32. The van der Waals surface area contributed by atoms with Crippen LogP contribution in [0.15, 0.2) is 18.2 Å². The number of hydrogen-bond donors (Lipinski definition) is 1. The number of carboxylic acids is 1. The zero-order chi connectivity index (χ0) is 23.2. The molecule has 0 amide bonds. The first kappa shape index (κ1) is 24.7. The standard InChI is InChI=1S/C29H44FNO2/c1-21-15-16-25(17-26(21)30)29-24(18-28(32)33)13-8-14-27(29)31(19-22-9-4-2-5-10-22)20-23-11-6-3-7-12-23/h15-17,22-24,27,29H,2-14,18-20H2,1H3,(H,32,33). The van der Waals surface area contributed by atoms with Crippen LogP contribution in [-0.2, 0) is 4.79 Å². The second kappa shape index (κ2) is 11.8. The number of aliphatic carboxylic acids is 1. The van der Waals surface area contributed by atoms with Crippen molar-refractivity contribution in [2.75, 3.05) is 13.1 Å². The fourth-order valence-corrected chi connectivity index (χ4v) is 7.18. The SMILES string of the molecule is Cc1ccc(C2C(CC(=O)O)CCCC2N(CC2CCCCC2)CC2CCCCC2)cc1F. The van der Waals surface area contributed by atoms with Crippen LogP contribution in [0.3, 0.4) is 0 Å². The predicted molar refractivity (Wildman–Crippen MR) is 132 cm³/mol. The topological polar surface area (TPSA) is 40.5 Å². The highest BCUT2D eigenvalue weighted by Crippen LogP contribution is 2.44.